The van der Waals surface area contributed by atoms with Crippen LogP contribution in [0.1, 0.15) is 25.0 Å². The highest BCUT2D eigenvalue weighted by molar-refractivity contribution is 7.89. The minimum Gasteiger partial charge on any atom is -0.294 e. The minimum atomic E-state index is -3.65. The summed E-state index contributed by atoms with van der Waals surface area (Å²) in [5, 5.41) is 0. The lowest BCUT2D eigenvalue weighted by atomic mass is 9.95. The summed E-state index contributed by atoms with van der Waals surface area (Å²) in [4.78, 5) is 2.44. The average molecular weight is 376 g/mol. The summed E-state index contributed by atoms with van der Waals surface area (Å²) in [6, 6.07) is 13.4. The molecule has 1 aliphatic heterocycles. The van der Waals surface area contributed by atoms with E-state index in [1.165, 1.54) is 23.3 Å². The van der Waals surface area contributed by atoms with Gasteiger partial charge in [-0.05, 0) is 47.7 Å². The van der Waals surface area contributed by atoms with Crippen molar-refractivity contribution in [2.24, 2.45) is 5.92 Å². The summed E-state index contributed by atoms with van der Waals surface area (Å²) in [6.45, 7) is 6.30. The summed E-state index contributed by atoms with van der Waals surface area (Å²) in [5.41, 5.74) is 2.68. The summed E-state index contributed by atoms with van der Waals surface area (Å²) < 4.78 is 40.7. The molecule has 0 bridgehead atoms. The first-order chi connectivity index (χ1) is 12.4. The number of nitrogens with zero attached hydrogens (tertiary/aromatic N) is 1. The third-order valence-corrected chi connectivity index (χ3v) is 6.44. The van der Waals surface area contributed by atoms with E-state index < -0.39 is 15.8 Å². The van der Waals surface area contributed by atoms with E-state index >= 15 is 0 Å². The predicted octanol–water partition coefficient (Wildman–Crippen LogP) is 3.19. The van der Waals surface area contributed by atoms with Crippen LogP contribution in [-0.2, 0) is 23.0 Å². The first kappa shape index (κ1) is 19.0. The summed E-state index contributed by atoms with van der Waals surface area (Å²) >= 11 is 0. The normalized spacial score (nSPS) is 16.5. The Kier molecular flexibility index (Phi) is 5.75. The smallest absolute Gasteiger partial charge is 0.240 e. The van der Waals surface area contributed by atoms with E-state index in [1.54, 1.807) is 0 Å². The Hall–Kier alpha value is -1.76. The van der Waals surface area contributed by atoms with E-state index in [9.17, 15) is 12.8 Å². The van der Waals surface area contributed by atoms with E-state index in [-0.39, 0.29) is 10.9 Å². The monoisotopic (exact) mass is 376 g/mol. The molecule has 6 heteroatoms. The summed E-state index contributed by atoms with van der Waals surface area (Å²) in [5.74, 6) is -0.146. The Labute approximate surface area is 155 Å². The maximum atomic E-state index is 13.0. The van der Waals surface area contributed by atoms with Gasteiger partial charge in [-0.3, -0.25) is 4.90 Å². The van der Waals surface area contributed by atoms with Crippen LogP contribution in [0.3, 0.4) is 0 Å². The van der Waals surface area contributed by atoms with Gasteiger partial charge in [-0.15, -0.1) is 0 Å². The van der Waals surface area contributed by atoms with Crippen LogP contribution in [0.5, 0.6) is 0 Å². The molecule has 26 heavy (non-hydrogen) atoms. The lowest BCUT2D eigenvalue weighted by Gasteiger charge is -2.38. The van der Waals surface area contributed by atoms with Crippen molar-refractivity contribution >= 4 is 10.0 Å². The summed E-state index contributed by atoms with van der Waals surface area (Å²) in [6.07, 6.45) is 0.976. The van der Waals surface area contributed by atoms with Crippen molar-refractivity contribution in [2.45, 2.75) is 37.8 Å². The fourth-order valence-corrected chi connectivity index (χ4v) is 4.53. The molecule has 4 nitrogen and oxygen atoms in total. The van der Waals surface area contributed by atoms with Crippen molar-refractivity contribution in [1.29, 1.82) is 0 Å². The molecule has 1 heterocycles. The predicted molar refractivity (Wildman–Crippen MR) is 101 cm³/mol. The molecule has 1 N–H and O–H groups in total. The van der Waals surface area contributed by atoms with Crippen LogP contribution >= 0.6 is 0 Å². The second-order valence-corrected chi connectivity index (χ2v) is 8.87. The number of benzene rings is 2. The average Bonchev–Trinajstić information content (AvgIpc) is 2.62. The molecule has 2 aromatic carbocycles. The molecular weight excluding hydrogens is 351 g/mol. The first-order valence-corrected chi connectivity index (χ1v) is 10.4. The molecule has 140 valence electrons. The van der Waals surface area contributed by atoms with E-state index in [0.717, 1.165) is 31.6 Å². The first-order valence-electron chi connectivity index (χ1n) is 8.93. The molecule has 0 aromatic heterocycles. The van der Waals surface area contributed by atoms with E-state index in [1.807, 2.05) is 6.07 Å². The topological polar surface area (TPSA) is 49.4 Å². The van der Waals surface area contributed by atoms with Crippen molar-refractivity contribution in [2.75, 3.05) is 13.1 Å². The molecule has 0 saturated carbocycles. The van der Waals surface area contributed by atoms with Gasteiger partial charge in [0.2, 0.25) is 10.0 Å². The number of halogens is 1. The van der Waals surface area contributed by atoms with E-state index in [0.29, 0.717) is 12.5 Å². The SMILES string of the molecule is CC(C)C(CNS(=O)(=O)c1ccc(F)cc1)N1CCc2ccccc2C1. The van der Waals surface area contributed by atoms with Crippen molar-refractivity contribution in [1.82, 2.24) is 9.62 Å². The number of hydrogen-bond donors (Lipinski definition) is 1. The number of nitrogens with one attached hydrogen (secondary N) is 1. The van der Waals surface area contributed by atoms with Crippen LogP contribution in [0.25, 0.3) is 0 Å². The van der Waals surface area contributed by atoms with Gasteiger partial charge in [-0.2, -0.15) is 0 Å². The molecule has 1 atom stereocenters. The van der Waals surface area contributed by atoms with Crippen LogP contribution in [0.15, 0.2) is 53.4 Å². The van der Waals surface area contributed by atoms with Gasteiger partial charge in [0.25, 0.3) is 0 Å². The molecule has 0 fully saturated rings. The fraction of sp³-hybridized carbons (Fsp3) is 0.400. The van der Waals surface area contributed by atoms with Crippen molar-refractivity contribution in [3.63, 3.8) is 0 Å². The Morgan fingerprint density at radius 1 is 1.08 bits per heavy atom. The Morgan fingerprint density at radius 2 is 1.73 bits per heavy atom. The van der Waals surface area contributed by atoms with Crippen LogP contribution in [0.2, 0.25) is 0 Å². The van der Waals surface area contributed by atoms with Crippen molar-refractivity contribution in [3.8, 4) is 0 Å². The van der Waals surface area contributed by atoms with Crippen molar-refractivity contribution in [3.05, 3.63) is 65.5 Å². The van der Waals surface area contributed by atoms with Crippen molar-refractivity contribution < 1.29 is 12.8 Å². The highest BCUT2D eigenvalue weighted by Gasteiger charge is 2.27. The standard InChI is InChI=1S/C20H25FN2O2S/c1-15(2)20(23-12-11-16-5-3-4-6-17(16)14-23)13-22-26(24,25)19-9-7-18(21)8-10-19/h3-10,15,20,22H,11-14H2,1-2H3. The Morgan fingerprint density at radius 3 is 2.38 bits per heavy atom. The Balaban J connectivity index is 1.71. The minimum absolute atomic E-state index is 0.0883. The van der Waals surface area contributed by atoms with Crippen LogP contribution < -0.4 is 4.72 Å². The molecule has 1 aliphatic rings. The van der Waals surface area contributed by atoms with Gasteiger partial charge in [0, 0.05) is 25.7 Å². The second kappa shape index (κ2) is 7.86. The quantitative estimate of drug-likeness (QED) is 0.842. The fourth-order valence-electron chi connectivity index (χ4n) is 3.48. The van der Waals surface area contributed by atoms with Gasteiger partial charge >= 0.3 is 0 Å². The third kappa shape index (κ3) is 4.31. The number of rotatable bonds is 6. The Bertz CT molecular complexity index is 850. The molecule has 0 spiro atoms. The van der Waals surface area contributed by atoms with Gasteiger partial charge in [0.15, 0.2) is 0 Å². The van der Waals surface area contributed by atoms with Gasteiger partial charge < -0.3 is 0 Å². The largest absolute Gasteiger partial charge is 0.294 e. The lowest BCUT2D eigenvalue weighted by molar-refractivity contribution is 0.141. The molecule has 2 aromatic rings. The maximum Gasteiger partial charge on any atom is 0.240 e. The third-order valence-electron chi connectivity index (χ3n) is 5.01. The second-order valence-electron chi connectivity index (χ2n) is 7.11. The summed E-state index contributed by atoms with van der Waals surface area (Å²) in [7, 11) is -3.65. The molecule has 0 saturated heterocycles. The lowest BCUT2D eigenvalue weighted by Crippen LogP contribution is -2.48. The van der Waals surface area contributed by atoms with Gasteiger partial charge in [-0.25, -0.2) is 17.5 Å². The van der Waals surface area contributed by atoms with Gasteiger partial charge in [0.05, 0.1) is 4.90 Å². The van der Waals surface area contributed by atoms with Gasteiger partial charge in [0.1, 0.15) is 5.82 Å². The van der Waals surface area contributed by atoms with Crippen LogP contribution in [-0.4, -0.2) is 32.4 Å². The maximum absolute atomic E-state index is 13.0. The van der Waals surface area contributed by atoms with Crippen LogP contribution in [0.4, 0.5) is 4.39 Å². The number of hydrogen-bond acceptors (Lipinski definition) is 3. The number of sulfonamides is 1. The molecule has 0 amide bonds. The van der Waals surface area contributed by atoms with Crippen LogP contribution in [0, 0.1) is 11.7 Å². The molecule has 0 aliphatic carbocycles. The highest BCUT2D eigenvalue weighted by atomic mass is 32.2. The zero-order valence-corrected chi connectivity index (χ0v) is 16.0. The molecule has 3 rings (SSSR count). The van der Waals surface area contributed by atoms with Gasteiger partial charge in [-0.1, -0.05) is 38.1 Å². The molecular formula is C20H25FN2O2S. The molecule has 0 radical (unpaired) electrons. The zero-order chi connectivity index (χ0) is 18.7. The van der Waals surface area contributed by atoms with E-state index in [4.69, 9.17) is 0 Å². The number of fused-ring (bicyclic) bond motifs is 1. The molecule has 1 unspecified atom stereocenters. The highest BCUT2D eigenvalue weighted by Crippen LogP contribution is 2.23. The van der Waals surface area contributed by atoms with E-state index in [2.05, 4.69) is 41.7 Å². The zero-order valence-electron chi connectivity index (χ0n) is 15.2.